The molecule has 6 heteroatoms. The van der Waals surface area contributed by atoms with E-state index in [1.807, 2.05) is 24.3 Å². The van der Waals surface area contributed by atoms with Crippen molar-refractivity contribution in [2.45, 2.75) is 18.9 Å². The lowest BCUT2D eigenvalue weighted by atomic mass is 10.1. The second-order valence-corrected chi connectivity index (χ2v) is 6.30. The highest BCUT2D eigenvalue weighted by molar-refractivity contribution is 5.79. The lowest BCUT2D eigenvalue weighted by molar-refractivity contribution is 0.414. The highest BCUT2D eigenvalue weighted by atomic mass is 16.5. The van der Waals surface area contributed by atoms with Crippen molar-refractivity contribution in [3.05, 3.63) is 64.2 Å². The van der Waals surface area contributed by atoms with Gasteiger partial charge in [0, 0.05) is 0 Å². The van der Waals surface area contributed by atoms with E-state index >= 15 is 0 Å². The van der Waals surface area contributed by atoms with Crippen LogP contribution in [0.15, 0.2) is 47.3 Å². The summed E-state index contributed by atoms with van der Waals surface area (Å²) in [5.41, 5.74) is 1.63. The number of hydrogen-bond donors (Lipinski definition) is 1. The summed E-state index contributed by atoms with van der Waals surface area (Å²) >= 11 is 0. The Morgan fingerprint density at radius 2 is 2.08 bits per heavy atom. The first-order valence-corrected chi connectivity index (χ1v) is 8.56. The zero-order chi connectivity index (χ0) is 18.1. The van der Waals surface area contributed by atoms with Gasteiger partial charge in [0.15, 0.2) is 0 Å². The van der Waals surface area contributed by atoms with Crippen LogP contribution in [0.3, 0.4) is 0 Å². The van der Waals surface area contributed by atoms with Gasteiger partial charge in [-0.2, -0.15) is 5.26 Å². The fraction of sp³-hybridized carbons (Fsp3) is 0.250. The van der Waals surface area contributed by atoms with Gasteiger partial charge in [0.1, 0.15) is 11.6 Å². The SMILES string of the molecule is COc1ccc(-n2c(C3CCCN3)nc3ccc(C#N)cc3c2=O)cc1. The van der Waals surface area contributed by atoms with Gasteiger partial charge in [0.2, 0.25) is 0 Å². The number of rotatable bonds is 3. The molecule has 1 aromatic heterocycles. The van der Waals surface area contributed by atoms with E-state index in [2.05, 4.69) is 11.4 Å². The van der Waals surface area contributed by atoms with Crippen LogP contribution >= 0.6 is 0 Å². The molecule has 1 atom stereocenters. The molecule has 1 N–H and O–H groups in total. The fourth-order valence-electron chi connectivity index (χ4n) is 3.39. The molecule has 0 amide bonds. The van der Waals surface area contributed by atoms with Crippen LogP contribution in [0.5, 0.6) is 5.75 Å². The first-order chi connectivity index (χ1) is 12.7. The summed E-state index contributed by atoms with van der Waals surface area (Å²) in [6, 6.07) is 14.5. The van der Waals surface area contributed by atoms with Gasteiger partial charge in [-0.15, -0.1) is 0 Å². The van der Waals surface area contributed by atoms with Crippen LogP contribution < -0.4 is 15.6 Å². The van der Waals surface area contributed by atoms with Gasteiger partial charge >= 0.3 is 0 Å². The number of methoxy groups -OCH3 is 1. The molecule has 1 fully saturated rings. The average molecular weight is 346 g/mol. The highest BCUT2D eigenvalue weighted by Gasteiger charge is 2.24. The predicted octanol–water partition coefficient (Wildman–Crippen LogP) is 2.69. The van der Waals surface area contributed by atoms with E-state index in [0.717, 1.165) is 30.8 Å². The molecule has 3 aromatic rings. The second-order valence-electron chi connectivity index (χ2n) is 6.30. The largest absolute Gasteiger partial charge is 0.497 e. The minimum Gasteiger partial charge on any atom is -0.497 e. The van der Waals surface area contributed by atoms with E-state index < -0.39 is 0 Å². The summed E-state index contributed by atoms with van der Waals surface area (Å²) in [6.07, 6.45) is 1.99. The molecule has 1 aliphatic rings. The topological polar surface area (TPSA) is 79.9 Å². The van der Waals surface area contributed by atoms with Crippen LogP contribution in [0.4, 0.5) is 0 Å². The van der Waals surface area contributed by atoms with E-state index in [9.17, 15) is 4.79 Å². The summed E-state index contributed by atoms with van der Waals surface area (Å²) < 4.78 is 6.86. The Morgan fingerprint density at radius 1 is 1.27 bits per heavy atom. The summed E-state index contributed by atoms with van der Waals surface area (Å²) in [5.74, 6) is 1.43. The maximum absolute atomic E-state index is 13.3. The van der Waals surface area contributed by atoms with Crippen LogP contribution in [0.2, 0.25) is 0 Å². The van der Waals surface area contributed by atoms with Crippen molar-refractivity contribution in [2.24, 2.45) is 0 Å². The zero-order valence-electron chi connectivity index (χ0n) is 14.4. The third kappa shape index (κ3) is 2.72. The van der Waals surface area contributed by atoms with Crippen LogP contribution in [-0.2, 0) is 0 Å². The molecule has 1 saturated heterocycles. The molecule has 6 nitrogen and oxygen atoms in total. The van der Waals surface area contributed by atoms with E-state index in [4.69, 9.17) is 15.0 Å². The molecule has 2 heterocycles. The highest BCUT2D eigenvalue weighted by Crippen LogP contribution is 2.25. The second kappa shape index (κ2) is 6.62. The van der Waals surface area contributed by atoms with Gasteiger partial charge in [-0.05, 0) is 61.9 Å². The molecule has 2 aromatic carbocycles. The Balaban J connectivity index is 2.00. The Bertz CT molecular complexity index is 1060. The quantitative estimate of drug-likeness (QED) is 0.789. The summed E-state index contributed by atoms with van der Waals surface area (Å²) in [5, 5.41) is 13.0. The third-order valence-electron chi connectivity index (χ3n) is 4.73. The smallest absolute Gasteiger partial charge is 0.266 e. The van der Waals surface area contributed by atoms with Crippen LogP contribution in [0.25, 0.3) is 16.6 Å². The molecule has 1 unspecified atom stereocenters. The van der Waals surface area contributed by atoms with Crippen LogP contribution in [-0.4, -0.2) is 23.2 Å². The molecular weight excluding hydrogens is 328 g/mol. The number of fused-ring (bicyclic) bond motifs is 1. The Labute approximate surface area is 150 Å². The van der Waals surface area contributed by atoms with Crippen molar-refractivity contribution in [3.8, 4) is 17.5 Å². The van der Waals surface area contributed by atoms with E-state index in [0.29, 0.717) is 22.3 Å². The van der Waals surface area contributed by atoms with E-state index in [-0.39, 0.29) is 11.6 Å². The number of benzene rings is 2. The zero-order valence-corrected chi connectivity index (χ0v) is 14.4. The third-order valence-corrected chi connectivity index (χ3v) is 4.73. The van der Waals surface area contributed by atoms with Gasteiger partial charge in [-0.1, -0.05) is 0 Å². The molecule has 4 rings (SSSR count). The first-order valence-electron chi connectivity index (χ1n) is 8.56. The number of nitriles is 1. The molecule has 0 aliphatic carbocycles. The lowest BCUT2D eigenvalue weighted by Crippen LogP contribution is -2.28. The molecule has 0 saturated carbocycles. The number of nitrogens with one attached hydrogen (secondary N) is 1. The number of aromatic nitrogens is 2. The molecule has 130 valence electrons. The molecular formula is C20H18N4O2. The van der Waals surface area contributed by atoms with Gasteiger partial charge in [-0.25, -0.2) is 4.98 Å². The maximum Gasteiger partial charge on any atom is 0.266 e. The number of nitrogens with zero attached hydrogens (tertiary/aromatic N) is 3. The normalized spacial score (nSPS) is 16.5. The Hall–Kier alpha value is -3.17. The maximum atomic E-state index is 13.3. The van der Waals surface area contributed by atoms with E-state index in [1.165, 1.54) is 0 Å². The summed E-state index contributed by atoms with van der Waals surface area (Å²) in [7, 11) is 1.61. The fourth-order valence-corrected chi connectivity index (χ4v) is 3.39. The van der Waals surface area contributed by atoms with Gasteiger partial charge in [0.25, 0.3) is 5.56 Å². The predicted molar refractivity (Wildman–Crippen MR) is 98.6 cm³/mol. The minimum atomic E-state index is -0.166. The van der Waals surface area contributed by atoms with Crippen LogP contribution in [0.1, 0.15) is 30.3 Å². The van der Waals surface area contributed by atoms with Crippen molar-refractivity contribution < 1.29 is 4.74 Å². The van der Waals surface area contributed by atoms with Gasteiger partial charge in [-0.3, -0.25) is 9.36 Å². The molecule has 0 radical (unpaired) electrons. The molecule has 1 aliphatic heterocycles. The van der Waals surface area contributed by atoms with Crippen molar-refractivity contribution in [2.75, 3.05) is 13.7 Å². The molecule has 0 bridgehead atoms. The van der Waals surface area contributed by atoms with Crippen molar-refractivity contribution in [3.63, 3.8) is 0 Å². The van der Waals surface area contributed by atoms with Crippen LogP contribution in [0, 0.1) is 11.3 Å². The first kappa shape index (κ1) is 16.3. The summed E-state index contributed by atoms with van der Waals surface area (Å²) in [6.45, 7) is 0.911. The van der Waals surface area contributed by atoms with Gasteiger partial charge in [0.05, 0.1) is 41.4 Å². The monoisotopic (exact) mass is 346 g/mol. The average Bonchev–Trinajstić information content (AvgIpc) is 3.22. The van der Waals surface area contributed by atoms with Gasteiger partial charge < -0.3 is 10.1 Å². The minimum absolute atomic E-state index is 0.0323. The standard InChI is InChI=1S/C20H18N4O2/c1-26-15-7-5-14(6-8-15)24-19(18-3-2-10-22-18)23-17-9-4-13(12-21)11-16(17)20(24)25/h4-9,11,18,22H,2-3,10H2,1H3. The summed E-state index contributed by atoms with van der Waals surface area (Å²) in [4.78, 5) is 18.1. The lowest BCUT2D eigenvalue weighted by Gasteiger charge is -2.18. The molecule has 26 heavy (non-hydrogen) atoms. The Morgan fingerprint density at radius 3 is 2.73 bits per heavy atom. The Kier molecular flexibility index (Phi) is 4.15. The number of ether oxygens (including phenoxy) is 1. The van der Waals surface area contributed by atoms with Crippen molar-refractivity contribution in [1.82, 2.24) is 14.9 Å². The van der Waals surface area contributed by atoms with Crippen molar-refractivity contribution >= 4 is 10.9 Å². The van der Waals surface area contributed by atoms with E-state index in [1.54, 1.807) is 29.9 Å². The number of hydrogen-bond acceptors (Lipinski definition) is 5. The van der Waals surface area contributed by atoms with Crippen molar-refractivity contribution in [1.29, 1.82) is 5.26 Å². The molecule has 0 spiro atoms.